The number of hydrogen-bond acceptors (Lipinski definition) is 6. The summed E-state index contributed by atoms with van der Waals surface area (Å²) < 4.78 is 18.5. The molecule has 3 rings (SSSR count). The number of aromatic nitrogens is 1. The van der Waals surface area contributed by atoms with Crippen LogP contribution in [-0.4, -0.2) is 58.6 Å². The van der Waals surface area contributed by atoms with Crippen LogP contribution in [0.15, 0.2) is 29.6 Å². The second-order valence-corrected chi connectivity index (χ2v) is 7.73. The number of carboxylic acid groups (broad SMARTS) is 1. The molecule has 1 aliphatic heterocycles. The molecule has 1 N–H and O–H groups in total. The van der Waals surface area contributed by atoms with E-state index in [1.807, 2.05) is 17.3 Å². The van der Waals surface area contributed by atoms with Crippen molar-refractivity contribution < 1.29 is 19.0 Å². The zero-order chi connectivity index (χ0) is 19.2. The molecule has 1 aromatic heterocycles. The molecular formula is C19H25ClFN3O3S. The van der Waals surface area contributed by atoms with Crippen LogP contribution in [0.25, 0.3) is 0 Å². The lowest BCUT2D eigenvalue weighted by Crippen LogP contribution is -2.44. The molecule has 0 saturated carbocycles. The topological polar surface area (TPSA) is 65.9 Å². The number of benzene rings is 1. The minimum Gasteiger partial charge on any atom is -0.486 e. The number of hydrogen-bond donors (Lipinski definition) is 1. The Morgan fingerprint density at radius 3 is 2.68 bits per heavy atom. The highest BCUT2D eigenvalue weighted by Gasteiger charge is 2.24. The number of carbonyl (C=O) groups is 1. The first-order valence-electron chi connectivity index (χ1n) is 8.95. The van der Waals surface area contributed by atoms with E-state index < -0.39 is 5.97 Å². The predicted octanol–water partition coefficient (Wildman–Crippen LogP) is 3.26. The van der Waals surface area contributed by atoms with Crippen molar-refractivity contribution in [2.24, 2.45) is 0 Å². The lowest BCUT2D eigenvalue weighted by molar-refractivity contribution is -0.138. The smallest absolute Gasteiger partial charge is 0.317 e. The fourth-order valence-electron chi connectivity index (χ4n) is 3.25. The third kappa shape index (κ3) is 6.70. The fraction of sp³-hybridized carbons (Fsp3) is 0.474. The molecule has 1 saturated heterocycles. The molecule has 0 spiro atoms. The van der Waals surface area contributed by atoms with Crippen molar-refractivity contribution in [1.82, 2.24) is 14.8 Å². The summed E-state index contributed by atoms with van der Waals surface area (Å²) in [4.78, 5) is 19.7. The van der Waals surface area contributed by atoms with Gasteiger partial charge in [0.25, 0.3) is 0 Å². The van der Waals surface area contributed by atoms with Crippen molar-refractivity contribution in [2.75, 3.05) is 26.7 Å². The highest BCUT2D eigenvalue weighted by atomic mass is 35.5. The lowest BCUT2D eigenvalue weighted by atomic mass is 10.0. The predicted molar refractivity (Wildman–Crippen MR) is 109 cm³/mol. The largest absolute Gasteiger partial charge is 0.486 e. The standard InChI is InChI=1S/C19H24FN3O3S.ClH/c1-22(11-19(24)25)16-6-8-23(9-7-16)10-15-13-27-18(21-15)12-26-17-4-2-14(20)3-5-17;/h2-5,13,16H,6-12H2,1H3,(H,24,25);1H. The summed E-state index contributed by atoms with van der Waals surface area (Å²) >= 11 is 1.56. The second kappa shape index (κ2) is 10.7. The molecule has 9 heteroatoms. The molecule has 1 aliphatic rings. The molecular weight excluding hydrogens is 405 g/mol. The van der Waals surface area contributed by atoms with Crippen LogP contribution in [0.1, 0.15) is 23.5 Å². The maximum Gasteiger partial charge on any atom is 0.317 e. The quantitative estimate of drug-likeness (QED) is 0.694. The first-order valence-corrected chi connectivity index (χ1v) is 9.83. The number of carboxylic acids is 1. The Labute approximate surface area is 174 Å². The number of likely N-dealkylation sites (N-methyl/N-ethyl adjacent to an activating group) is 1. The van der Waals surface area contributed by atoms with Gasteiger partial charge in [-0.15, -0.1) is 23.7 Å². The number of halogens is 2. The van der Waals surface area contributed by atoms with Crippen molar-refractivity contribution in [3.05, 3.63) is 46.2 Å². The Hall–Kier alpha value is -1.74. The average Bonchev–Trinajstić information content (AvgIpc) is 3.08. The van der Waals surface area contributed by atoms with Gasteiger partial charge in [-0.3, -0.25) is 14.6 Å². The van der Waals surface area contributed by atoms with E-state index in [4.69, 9.17) is 9.84 Å². The molecule has 2 aromatic rings. The summed E-state index contributed by atoms with van der Waals surface area (Å²) in [5.41, 5.74) is 1.02. The van der Waals surface area contributed by atoms with Crippen LogP contribution in [0.2, 0.25) is 0 Å². The van der Waals surface area contributed by atoms with Gasteiger partial charge in [-0.1, -0.05) is 0 Å². The van der Waals surface area contributed by atoms with Crippen molar-refractivity contribution in [2.45, 2.75) is 32.0 Å². The van der Waals surface area contributed by atoms with Gasteiger partial charge >= 0.3 is 5.97 Å². The van der Waals surface area contributed by atoms with Gasteiger partial charge in [-0.2, -0.15) is 0 Å². The fourth-order valence-corrected chi connectivity index (χ4v) is 3.95. The number of ether oxygens (including phenoxy) is 1. The van der Waals surface area contributed by atoms with Gasteiger partial charge in [0.05, 0.1) is 12.2 Å². The van der Waals surface area contributed by atoms with Crippen LogP contribution in [0.3, 0.4) is 0 Å². The highest BCUT2D eigenvalue weighted by Crippen LogP contribution is 2.20. The van der Waals surface area contributed by atoms with Gasteiger partial charge in [-0.25, -0.2) is 9.37 Å². The van der Waals surface area contributed by atoms with Gasteiger partial charge < -0.3 is 9.84 Å². The van der Waals surface area contributed by atoms with Crippen LogP contribution >= 0.6 is 23.7 Å². The molecule has 0 atom stereocenters. The molecule has 1 aromatic carbocycles. The normalized spacial score (nSPS) is 15.4. The molecule has 6 nitrogen and oxygen atoms in total. The van der Waals surface area contributed by atoms with Gasteiger partial charge in [0.2, 0.25) is 0 Å². The highest BCUT2D eigenvalue weighted by molar-refractivity contribution is 7.09. The van der Waals surface area contributed by atoms with Crippen LogP contribution in [-0.2, 0) is 17.9 Å². The Morgan fingerprint density at radius 2 is 2.04 bits per heavy atom. The molecule has 0 radical (unpaired) electrons. The van der Waals surface area contributed by atoms with E-state index in [0.29, 0.717) is 18.4 Å². The van der Waals surface area contributed by atoms with E-state index >= 15 is 0 Å². The third-order valence-corrected chi connectivity index (χ3v) is 5.60. The first-order chi connectivity index (χ1) is 13.0. The number of thiazole rings is 1. The van der Waals surface area contributed by atoms with Crippen LogP contribution < -0.4 is 4.74 Å². The SMILES string of the molecule is CN(CC(=O)O)C1CCN(Cc2csc(COc3ccc(F)cc3)n2)CC1.Cl. The zero-order valence-electron chi connectivity index (χ0n) is 15.7. The summed E-state index contributed by atoms with van der Waals surface area (Å²) in [7, 11) is 1.88. The molecule has 0 aliphatic carbocycles. The molecule has 2 heterocycles. The number of piperidine rings is 1. The van der Waals surface area contributed by atoms with Crippen LogP contribution in [0, 0.1) is 5.82 Å². The Balaban J connectivity index is 0.00000280. The van der Waals surface area contributed by atoms with Crippen molar-refractivity contribution in [3.63, 3.8) is 0 Å². The number of aliphatic carboxylic acids is 1. The number of rotatable bonds is 8. The minimum atomic E-state index is -0.780. The van der Waals surface area contributed by atoms with E-state index in [0.717, 1.165) is 43.2 Å². The summed E-state index contributed by atoms with van der Waals surface area (Å²) in [6, 6.07) is 6.29. The monoisotopic (exact) mass is 429 g/mol. The van der Waals surface area contributed by atoms with E-state index in [9.17, 15) is 9.18 Å². The molecule has 154 valence electrons. The summed E-state index contributed by atoms with van der Waals surface area (Å²) in [5, 5.41) is 11.8. The Morgan fingerprint density at radius 1 is 1.36 bits per heavy atom. The molecule has 0 unspecified atom stereocenters. The minimum absolute atomic E-state index is 0. The zero-order valence-corrected chi connectivity index (χ0v) is 17.3. The van der Waals surface area contributed by atoms with Gasteiger partial charge in [0.15, 0.2) is 0 Å². The van der Waals surface area contributed by atoms with Crippen LogP contribution in [0.4, 0.5) is 4.39 Å². The molecule has 28 heavy (non-hydrogen) atoms. The lowest BCUT2D eigenvalue weighted by Gasteiger charge is -2.35. The Kier molecular flexibility index (Phi) is 8.62. The summed E-state index contributed by atoms with van der Waals surface area (Å²) in [6.07, 6.45) is 1.93. The van der Waals surface area contributed by atoms with Crippen molar-refractivity contribution in [3.8, 4) is 5.75 Å². The number of likely N-dealkylation sites (tertiary alicyclic amines) is 1. The average molecular weight is 430 g/mol. The van der Waals surface area contributed by atoms with E-state index in [1.165, 1.54) is 12.1 Å². The first kappa shape index (κ1) is 22.5. The van der Waals surface area contributed by atoms with E-state index in [-0.39, 0.29) is 24.8 Å². The van der Waals surface area contributed by atoms with E-state index in [2.05, 4.69) is 9.88 Å². The van der Waals surface area contributed by atoms with Crippen LogP contribution in [0.5, 0.6) is 5.75 Å². The van der Waals surface area contributed by atoms with Crippen molar-refractivity contribution >= 4 is 29.7 Å². The Bertz CT molecular complexity index is 751. The van der Waals surface area contributed by atoms with Crippen molar-refractivity contribution in [1.29, 1.82) is 0 Å². The maximum atomic E-state index is 12.9. The molecule has 0 amide bonds. The second-order valence-electron chi connectivity index (χ2n) is 6.79. The van der Waals surface area contributed by atoms with Gasteiger partial charge in [0.1, 0.15) is 23.2 Å². The summed E-state index contributed by atoms with van der Waals surface area (Å²) in [5.74, 6) is -0.435. The third-order valence-electron chi connectivity index (χ3n) is 4.73. The molecule has 1 fully saturated rings. The maximum absolute atomic E-state index is 12.9. The summed E-state index contributed by atoms with van der Waals surface area (Å²) in [6.45, 7) is 3.13. The number of nitrogens with zero attached hydrogens (tertiary/aromatic N) is 3. The van der Waals surface area contributed by atoms with Gasteiger partial charge in [-0.05, 0) is 44.2 Å². The molecule has 0 bridgehead atoms. The van der Waals surface area contributed by atoms with E-state index in [1.54, 1.807) is 23.5 Å². The van der Waals surface area contributed by atoms with Gasteiger partial charge in [0, 0.05) is 31.1 Å².